The van der Waals surface area contributed by atoms with Gasteiger partial charge in [0.2, 0.25) is 5.91 Å². The fraction of sp³-hybridized carbons (Fsp3) is 0.556. The van der Waals surface area contributed by atoms with Crippen molar-refractivity contribution in [3.05, 3.63) is 29.8 Å². The molecular weight excluding hydrogens is 306 g/mol. The Morgan fingerprint density at radius 2 is 1.96 bits per heavy atom. The normalized spacial score (nSPS) is 21.6. The molecule has 3 rings (SSSR count). The Bertz CT molecular complexity index is 590. The molecule has 3 amide bonds. The number of benzene rings is 1. The quantitative estimate of drug-likeness (QED) is 0.773. The number of amides is 3. The van der Waals surface area contributed by atoms with Crippen LogP contribution in [0.25, 0.3) is 0 Å². The molecule has 24 heavy (non-hydrogen) atoms. The summed E-state index contributed by atoms with van der Waals surface area (Å²) in [5.41, 5.74) is 1.30. The lowest BCUT2D eigenvalue weighted by Crippen LogP contribution is -2.50. The number of urea groups is 1. The van der Waals surface area contributed by atoms with Gasteiger partial charge in [0.25, 0.3) is 0 Å². The number of carbonyl (C=O) groups is 2. The molecule has 6 nitrogen and oxygen atoms in total. The molecule has 3 N–H and O–H groups in total. The minimum Gasteiger partial charge on any atom is -0.376 e. The van der Waals surface area contributed by atoms with E-state index in [1.165, 1.54) is 0 Å². The van der Waals surface area contributed by atoms with Crippen LogP contribution in [-0.4, -0.2) is 38.2 Å². The van der Waals surface area contributed by atoms with E-state index in [9.17, 15) is 9.59 Å². The molecule has 1 aliphatic carbocycles. The molecule has 0 aromatic heterocycles. The highest BCUT2D eigenvalue weighted by Gasteiger charge is 2.45. The van der Waals surface area contributed by atoms with Gasteiger partial charge in [-0.3, -0.25) is 4.79 Å². The van der Waals surface area contributed by atoms with Crippen molar-refractivity contribution in [3.8, 4) is 0 Å². The molecule has 1 unspecified atom stereocenters. The number of carbonyl (C=O) groups excluding carboxylic acids is 2. The summed E-state index contributed by atoms with van der Waals surface area (Å²) in [5, 5.41) is 8.33. The summed E-state index contributed by atoms with van der Waals surface area (Å²) in [4.78, 5) is 24.1. The first kappa shape index (κ1) is 16.8. The highest BCUT2D eigenvalue weighted by Crippen LogP contribution is 2.44. The van der Waals surface area contributed by atoms with Crippen LogP contribution in [0.3, 0.4) is 0 Å². The zero-order valence-electron chi connectivity index (χ0n) is 14.1. The Morgan fingerprint density at radius 1 is 1.21 bits per heavy atom. The van der Waals surface area contributed by atoms with Gasteiger partial charge < -0.3 is 20.7 Å². The van der Waals surface area contributed by atoms with Gasteiger partial charge in [-0.15, -0.1) is 0 Å². The van der Waals surface area contributed by atoms with Crippen LogP contribution >= 0.6 is 0 Å². The highest BCUT2D eigenvalue weighted by molar-refractivity contribution is 5.91. The second-order valence-corrected chi connectivity index (χ2v) is 6.56. The Morgan fingerprint density at radius 3 is 2.50 bits per heavy atom. The zero-order chi connectivity index (χ0) is 17.0. The molecule has 0 bridgehead atoms. The van der Waals surface area contributed by atoms with E-state index in [0.29, 0.717) is 12.2 Å². The standard InChI is InChI=1S/C18H25N3O3/c1-19-17(23)21-14-7-5-13(6-8-14)18(9-3-10-18)16(22)20-12-15-4-2-11-24-15/h5-8,15H,2-4,9-12H2,1H3,(H,20,22)(H2,19,21,23). The minimum absolute atomic E-state index is 0.0938. The van der Waals surface area contributed by atoms with Gasteiger partial charge in [-0.05, 0) is 43.4 Å². The van der Waals surface area contributed by atoms with Crippen LogP contribution in [0.5, 0.6) is 0 Å². The van der Waals surface area contributed by atoms with E-state index in [1.54, 1.807) is 7.05 Å². The van der Waals surface area contributed by atoms with Gasteiger partial charge in [0.15, 0.2) is 0 Å². The third-order valence-corrected chi connectivity index (χ3v) is 5.08. The van der Waals surface area contributed by atoms with Crippen LogP contribution in [0.4, 0.5) is 10.5 Å². The fourth-order valence-corrected chi connectivity index (χ4v) is 3.42. The molecule has 1 heterocycles. The predicted octanol–water partition coefficient (Wildman–Crippen LogP) is 2.15. The molecule has 1 aromatic carbocycles. The van der Waals surface area contributed by atoms with Crippen molar-refractivity contribution >= 4 is 17.6 Å². The summed E-state index contributed by atoms with van der Waals surface area (Å²) in [6.45, 7) is 1.39. The van der Waals surface area contributed by atoms with Crippen molar-refractivity contribution in [1.29, 1.82) is 0 Å². The topological polar surface area (TPSA) is 79.5 Å². The van der Waals surface area contributed by atoms with Crippen LogP contribution in [0, 0.1) is 0 Å². The van der Waals surface area contributed by atoms with Crippen LogP contribution < -0.4 is 16.0 Å². The van der Waals surface area contributed by atoms with Crippen molar-refractivity contribution < 1.29 is 14.3 Å². The lowest BCUT2D eigenvalue weighted by atomic mass is 9.63. The number of anilines is 1. The van der Waals surface area contributed by atoms with Gasteiger partial charge >= 0.3 is 6.03 Å². The van der Waals surface area contributed by atoms with Crippen molar-refractivity contribution in [1.82, 2.24) is 10.6 Å². The smallest absolute Gasteiger partial charge is 0.318 e. The van der Waals surface area contributed by atoms with Crippen LogP contribution in [0.1, 0.15) is 37.7 Å². The maximum absolute atomic E-state index is 12.8. The Labute approximate surface area is 142 Å². The van der Waals surface area contributed by atoms with E-state index in [1.807, 2.05) is 24.3 Å². The number of hydrogen-bond donors (Lipinski definition) is 3. The van der Waals surface area contributed by atoms with Crippen molar-refractivity contribution in [2.45, 2.75) is 43.6 Å². The summed E-state index contributed by atoms with van der Waals surface area (Å²) in [5.74, 6) is 0.0938. The molecule has 0 radical (unpaired) electrons. The van der Waals surface area contributed by atoms with E-state index in [4.69, 9.17) is 4.74 Å². The Hall–Kier alpha value is -2.08. The molecule has 0 spiro atoms. The molecule has 2 aliphatic rings. The van der Waals surface area contributed by atoms with Gasteiger partial charge in [-0.2, -0.15) is 0 Å². The summed E-state index contributed by atoms with van der Waals surface area (Å²) < 4.78 is 5.58. The summed E-state index contributed by atoms with van der Waals surface area (Å²) in [7, 11) is 1.57. The molecule has 130 valence electrons. The lowest BCUT2D eigenvalue weighted by Gasteiger charge is -2.41. The van der Waals surface area contributed by atoms with Crippen molar-refractivity contribution in [2.75, 3.05) is 25.5 Å². The average Bonchev–Trinajstić information content (AvgIpc) is 3.07. The van der Waals surface area contributed by atoms with Gasteiger partial charge in [-0.25, -0.2) is 4.79 Å². The number of hydrogen-bond acceptors (Lipinski definition) is 3. The molecule has 1 atom stereocenters. The maximum Gasteiger partial charge on any atom is 0.318 e. The van der Waals surface area contributed by atoms with E-state index in [0.717, 1.165) is 44.3 Å². The first-order valence-corrected chi connectivity index (χ1v) is 8.63. The second kappa shape index (κ2) is 7.21. The maximum atomic E-state index is 12.8. The Kier molecular flexibility index (Phi) is 5.04. The third-order valence-electron chi connectivity index (χ3n) is 5.08. The molecular formula is C18H25N3O3. The molecule has 2 fully saturated rings. The number of rotatable bonds is 5. The zero-order valence-corrected chi connectivity index (χ0v) is 14.1. The second-order valence-electron chi connectivity index (χ2n) is 6.56. The van der Waals surface area contributed by atoms with Gasteiger partial charge in [0, 0.05) is 25.9 Å². The van der Waals surface area contributed by atoms with Gasteiger partial charge in [0.05, 0.1) is 11.5 Å². The summed E-state index contributed by atoms with van der Waals surface area (Å²) in [6, 6.07) is 7.32. The van der Waals surface area contributed by atoms with Crippen molar-refractivity contribution in [2.24, 2.45) is 0 Å². The van der Waals surface area contributed by atoms with Gasteiger partial charge in [-0.1, -0.05) is 18.6 Å². The Balaban J connectivity index is 1.65. The minimum atomic E-state index is -0.426. The largest absolute Gasteiger partial charge is 0.376 e. The predicted molar refractivity (Wildman–Crippen MR) is 92.0 cm³/mol. The SMILES string of the molecule is CNC(=O)Nc1ccc(C2(C(=O)NCC3CCCO3)CCC2)cc1. The first-order valence-electron chi connectivity index (χ1n) is 8.63. The number of nitrogens with one attached hydrogen (secondary N) is 3. The average molecular weight is 331 g/mol. The highest BCUT2D eigenvalue weighted by atomic mass is 16.5. The van der Waals surface area contributed by atoms with E-state index in [-0.39, 0.29) is 18.0 Å². The summed E-state index contributed by atoms with van der Waals surface area (Å²) >= 11 is 0. The van der Waals surface area contributed by atoms with Gasteiger partial charge in [0.1, 0.15) is 0 Å². The third kappa shape index (κ3) is 3.38. The monoisotopic (exact) mass is 331 g/mol. The molecule has 1 saturated heterocycles. The fourth-order valence-electron chi connectivity index (χ4n) is 3.42. The van der Waals surface area contributed by atoms with E-state index in [2.05, 4.69) is 16.0 Å². The molecule has 6 heteroatoms. The summed E-state index contributed by atoms with van der Waals surface area (Å²) in [6.07, 6.45) is 5.05. The van der Waals surface area contributed by atoms with Crippen LogP contribution in [0.2, 0.25) is 0 Å². The number of ether oxygens (including phenoxy) is 1. The van der Waals surface area contributed by atoms with E-state index < -0.39 is 5.41 Å². The van der Waals surface area contributed by atoms with Crippen LogP contribution in [0.15, 0.2) is 24.3 Å². The molecule has 1 aromatic rings. The van der Waals surface area contributed by atoms with Crippen LogP contribution in [-0.2, 0) is 14.9 Å². The van der Waals surface area contributed by atoms with E-state index >= 15 is 0 Å². The van der Waals surface area contributed by atoms with Crippen molar-refractivity contribution in [3.63, 3.8) is 0 Å². The molecule has 1 saturated carbocycles. The lowest BCUT2D eigenvalue weighted by molar-refractivity contribution is -0.130. The first-order chi connectivity index (χ1) is 11.6. The molecule has 1 aliphatic heterocycles.